The zero-order valence-electron chi connectivity index (χ0n) is 12.7. The number of fused-ring (bicyclic) bond motifs is 1. The summed E-state index contributed by atoms with van der Waals surface area (Å²) < 4.78 is 0. The molecule has 1 heteroatoms. The highest BCUT2D eigenvalue weighted by Gasteiger charge is 2.44. The lowest BCUT2D eigenvalue weighted by Crippen LogP contribution is -2.24. The second-order valence-electron chi connectivity index (χ2n) is 6.28. The van der Waals surface area contributed by atoms with E-state index in [1.54, 1.807) is 5.57 Å². The Labute approximate surface area is 117 Å². The quantitative estimate of drug-likeness (QED) is 0.680. The average Bonchev–Trinajstić information content (AvgIpc) is 2.58. The smallest absolute Gasteiger partial charge is 0.0312 e. The maximum absolute atomic E-state index is 7.80. The molecule has 0 aliphatic heterocycles. The molecule has 0 radical (unpaired) electrons. The Bertz CT molecular complexity index is 512. The van der Waals surface area contributed by atoms with Crippen LogP contribution in [0.1, 0.15) is 41.0 Å². The van der Waals surface area contributed by atoms with Gasteiger partial charge in [0.25, 0.3) is 0 Å². The van der Waals surface area contributed by atoms with Crippen molar-refractivity contribution < 1.29 is 0 Å². The third-order valence-corrected chi connectivity index (χ3v) is 4.77. The van der Waals surface area contributed by atoms with Gasteiger partial charge in [-0.05, 0) is 42.7 Å². The number of nitrogens with one attached hydrogen (secondary N) is 1. The van der Waals surface area contributed by atoms with E-state index in [1.165, 1.54) is 5.57 Å². The van der Waals surface area contributed by atoms with Gasteiger partial charge < -0.3 is 5.41 Å². The fourth-order valence-corrected chi connectivity index (χ4v) is 3.55. The van der Waals surface area contributed by atoms with E-state index in [9.17, 15) is 0 Å². The molecule has 0 fully saturated rings. The zero-order valence-corrected chi connectivity index (χ0v) is 12.7. The molecule has 2 atom stereocenters. The van der Waals surface area contributed by atoms with Crippen LogP contribution in [0.25, 0.3) is 0 Å². The molecule has 2 rings (SSSR count). The zero-order chi connectivity index (χ0) is 14.2. The van der Waals surface area contributed by atoms with E-state index in [-0.39, 0.29) is 5.41 Å². The SMILES string of the molecule is CCC1=C(/C=C(\C)C(C)=N)C2C=CC=CC2C1(C)C. The number of rotatable bonds is 3. The van der Waals surface area contributed by atoms with E-state index in [4.69, 9.17) is 5.41 Å². The molecule has 0 saturated carbocycles. The lowest BCUT2D eigenvalue weighted by molar-refractivity contribution is 0.310. The van der Waals surface area contributed by atoms with Gasteiger partial charge in [0.1, 0.15) is 0 Å². The third kappa shape index (κ3) is 2.27. The van der Waals surface area contributed by atoms with Crippen LogP contribution in [0.15, 0.2) is 47.1 Å². The molecule has 102 valence electrons. The van der Waals surface area contributed by atoms with Gasteiger partial charge in [0, 0.05) is 11.6 Å². The van der Waals surface area contributed by atoms with Gasteiger partial charge in [-0.25, -0.2) is 0 Å². The summed E-state index contributed by atoms with van der Waals surface area (Å²) >= 11 is 0. The van der Waals surface area contributed by atoms with Crippen molar-refractivity contribution in [2.75, 3.05) is 0 Å². The van der Waals surface area contributed by atoms with Crippen molar-refractivity contribution in [2.24, 2.45) is 17.3 Å². The normalized spacial score (nSPS) is 28.8. The maximum Gasteiger partial charge on any atom is 0.0312 e. The summed E-state index contributed by atoms with van der Waals surface area (Å²) in [4.78, 5) is 0. The van der Waals surface area contributed by atoms with Crippen LogP contribution in [0, 0.1) is 22.7 Å². The largest absolute Gasteiger partial charge is 0.305 e. The Hall–Kier alpha value is -1.37. The Balaban J connectivity index is 2.54. The van der Waals surface area contributed by atoms with Crippen LogP contribution >= 0.6 is 0 Å². The molecule has 0 saturated heterocycles. The third-order valence-electron chi connectivity index (χ3n) is 4.77. The van der Waals surface area contributed by atoms with Crippen molar-refractivity contribution in [3.05, 3.63) is 47.1 Å². The fourth-order valence-electron chi connectivity index (χ4n) is 3.55. The van der Waals surface area contributed by atoms with E-state index in [0.717, 1.165) is 12.0 Å². The molecular formula is C18H25N. The van der Waals surface area contributed by atoms with Crippen molar-refractivity contribution in [3.63, 3.8) is 0 Å². The molecule has 0 amide bonds. The molecule has 0 bridgehead atoms. The van der Waals surface area contributed by atoms with Gasteiger partial charge in [0.2, 0.25) is 0 Å². The van der Waals surface area contributed by atoms with Gasteiger partial charge >= 0.3 is 0 Å². The Kier molecular flexibility index (Phi) is 3.66. The van der Waals surface area contributed by atoms with Crippen LogP contribution in [0.2, 0.25) is 0 Å². The molecular weight excluding hydrogens is 230 g/mol. The van der Waals surface area contributed by atoms with Crippen LogP contribution < -0.4 is 0 Å². The van der Waals surface area contributed by atoms with Gasteiger partial charge in [0.15, 0.2) is 0 Å². The fraction of sp³-hybridized carbons (Fsp3) is 0.500. The maximum atomic E-state index is 7.80. The lowest BCUT2D eigenvalue weighted by Gasteiger charge is -2.31. The van der Waals surface area contributed by atoms with E-state index in [0.29, 0.717) is 17.5 Å². The molecule has 1 N–H and O–H groups in total. The summed E-state index contributed by atoms with van der Waals surface area (Å²) in [5.74, 6) is 1.06. The predicted octanol–water partition coefficient (Wildman–Crippen LogP) is 5.08. The summed E-state index contributed by atoms with van der Waals surface area (Å²) in [6.45, 7) is 10.9. The van der Waals surface area contributed by atoms with Crippen LogP contribution in [0.3, 0.4) is 0 Å². The second-order valence-corrected chi connectivity index (χ2v) is 6.28. The highest BCUT2D eigenvalue weighted by atomic mass is 14.5. The van der Waals surface area contributed by atoms with E-state index in [1.807, 2.05) is 13.8 Å². The molecule has 1 nitrogen and oxygen atoms in total. The summed E-state index contributed by atoms with van der Waals surface area (Å²) in [6, 6.07) is 0. The standard InChI is InChI=1S/C18H25N/c1-6-16-15(11-12(2)13(3)19)14-9-7-8-10-17(14)18(16,4)5/h7-11,14,17,19H,6H2,1-5H3/b12-11+,19-13?. The van der Waals surface area contributed by atoms with Crippen molar-refractivity contribution >= 4 is 5.71 Å². The van der Waals surface area contributed by atoms with Crippen molar-refractivity contribution in [1.29, 1.82) is 5.41 Å². The van der Waals surface area contributed by atoms with Crippen LogP contribution in [-0.4, -0.2) is 5.71 Å². The molecule has 0 spiro atoms. The Morgan fingerprint density at radius 2 is 1.89 bits per heavy atom. The highest BCUT2D eigenvalue weighted by molar-refractivity contribution is 5.95. The molecule has 2 aliphatic carbocycles. The highest BCUT2D eigenvalue weighted by Crippen LogP contribution is 2.54. The molecule has 0 heterocycles. The Morgan fingerprint density at radius 3 is 2.47 bits per heavy atom. The van der Waals surface area contributed by atoms with Crippen LogP contribution in [0.4, 0.5) is 0 Å². The monoisotopic (exact) mass is 255 g/mol. The number of hydrogen-bond acceptors (Lipinski definition) is 1. The van der Waals surface area contributed by atoms with Crippen LogP contribution in [0.5, 0.6) is 0 Å². The topological polar surface area (TPSA) is 23.9 Å². The average molecular weight is 255 g/mol. The van der Waals surface area contributed by atoms with E-state index >= 15 is 0 Å². The molecule has 0 aromatic rings. The number of allylic oxidation sites excluding steroid dienone is 8. The van der Waals surface area contributed by atoms with Gasteiger partial charge in [-0.15, -0.1) is 0 Å². The predicted molar refractivity (Wildman–Crippen MR) is 83.5 cm³/mol. The van der Waals surface area contributed by atoms with Gasteiger partial charge in [-0.3, -0.25) is 0 Å². The summed E-state index contributed by atoms with van der Waals surface area (Å²) in [5.41, 5.74) is 4.98. The first-order chi connectivity index (χ1) is 8.89. The summed E-state index contributed by atoms with van der Waals surface area (Å²) in [6.07, 6.45) is 12.4. The van der Waals surface area contributed by atoms with Gasteiger partial charge in [-0.1, -0.05) is 56.7 Å². The number of hydrogen-bond donors (Lipinski definition) is 1. The van der Waals surface area contributed by atoms with Gasteiger partial charge in [0.05, 0.1) is 0 Å². The van der Waals surface area contributed by atoms with Crippen molar-refractivity contribution in [1.82, 2.24) is 0 Å². The second kappa shape index (κ2) is 4.96. The minimum atomic E-state index is 0.225. The first kappa shape index (κ1) is 14.0. The van der Waals surface area contributed by atoms with Crippen molar-refractivity contribution in [3.8, 4) is 0 Å². The molecule has 19 heavy (non-hydrogen) atoms. The molecule has 0 aromatic heterocycles. The summed E-state index contributed by atoms with van der Waals surface area (Å²) in [7, 11) is 0. The first-order valence-corrected chi connectivity index (χ1v) is 7.22. The molecule has 2 aliphatic rings. The summed E-state index contributed by atoms with van der Waals surface area (Å²) in [5, 5.41) is 7.80. The van der Waals surface area contributed by atoms with Crippen LogP contribution in [-0.2, 0) is 0 Å². The van der Waals surface area contributed by atoms with Crippen molar-refractivity contribution in [2.45, 2.75) is 41.0 Å². The lowest BCUT2D eigenvalue weighted by atomic mass is 9.72. The minimum absolute atomic E-state index is 0.225. The Morgan fingerprint density at radius 1 is 1.26 bits per heavy atom. The minimum Gasteiger partial charge on any atom is -0.305 e. The van der Waals surface area contributed by atoms with Gasteiger partial charge in [-0.2, -0.15) is 0 Å². The first-order valence-electron chi connectivity index (χ1n) is 7.22. The van der Waals surface area contributed by atoms with E-state index in [2.05, 4.69) is 51.2 Å². The van der Waals surface area contributed by atoms with E-state index < -0.39 is 0 Å². The molecule has 0 aromatic carbocycles. The molecule has 2 unspecified atom stereocenters.